The Balaban J connectivity index is 1.91. The maximum absolute atomic E-state index is 12.7. The number of benzene rings is 1. The average molecular weight is 378 g/mol. The van der Waals surface area contributed by atoms with E-state index in [9.17, 15) is 14.7 Å². The summed E-state index contributed by atoms with van der Waals surface area (Å²) in [5.74, 6) is -0.165. The van der Waals surface area contributed by atoms with Gasteiger partial charge in [0.1, 0.15) is 12.6 Å². The van der Waals surface area contributed by atoms with Crippen LogP contribution in [0.15, 0.2) is 30.3 Å². The molecule has 27 heavy (non-hydrogen) atoms. The first-order valence-electron chi connectivity index (χ1n) is 9.30. The first kappa shape index (κ1) is 21.2. The highest BCUT2D eigenvalue weighted by molar-refractivity contribution is 5.85. The molecule has 1 aromatic rings. The second-order valence-electron chi connectivity index (χ2n) is 7.98. The number of alkyl carbamates (subject to hydrolysis) is 1. The molecule has 7 heteroatoms. The number of amides is 2. The van der Waals surface area contributed by atoms with Crippen LogP contribution in [0.1, 0.15) is 46.1 Å². The molecule has 0 aromatic heterocycles. The van der Waals surface area contributed by atoms with Crippen LogP contribution in [-0.2, 0) is 20.9 Å². The van der Waals surface area contributed by atoms with Crippen LogP contribution in [0.2, 0.25) is 0 Å². The van der Waals surface area contributed by atoms with Gasteiger partial charge in [0.25, 0.3) is 0 Å². The Morgan fingerprint density at radius 2 is 1.96 bits per heavy atom. The molecule has 1 unspecified atom stereocenters. The number of carbonyl (C=O) groups is 2. The number of carbonyl (C=O) groups excluding carboxylic acids is 2. The lowest BCUT2D eigenvalue weighted by atomic mass is 10.0. The zero-order valence-electron chi connectivity index (χ0n) is 16.4. The Kier molecular flexibility index (Phi) is 7.21. The van der Waals surface area contributed by atoms with Gasteiger partial charge < -0.3 is 25.2 Å². The van der Waals surface area contributed by atoms with Gasteiger partial charge in [-0.3, -0.25) is 4.79 Å². The third-order valence-corrected chi connectivity index (χ3v) is 4.35. The quantitative estimate of drug-likeness (QED) is 0.677. The Hall–Kier alpha value is -2.12. The van der Waals surface area contributed by atoms with Crippen molar-refractivity contribution >= 4 is 12.0 Å². The van der Waals surface area contributed by atoms with Crippen molar-refractivity contribution in [3.8, 4) is 0 Å². The van der Waals surface area contributed by atoms with Crippen molar-refractivity contribution in [2.24, 2.45) is 5.92 Å². The molecule has 3 atom stereocenters. The number of ether oxygens (including phenoxy) is 2. The fourth-order valence-corrected chi connectivity index (χ4v) is 3.10. The van der Waals surface area contributed by atoms with E-state index < -0.39 is 30.1 Å². The van der Waals surface area contributed by atoms with Gasteiger partial charge in [0, 0.05) is 6.42 Å². The maximum atomic E-state index is 12.7. The molecule has 1 saturated heterocycles. The topological polar surface area (TPSA) is 96.9 Å². The summed E-state index contributed by atoms with van der Waals surface area (Å²) in [5.41, 5.74) is 0.360. The third kappa shape index (κ3) is 6.84. The summed E-state index contributed by atoms with van der Waals surface area (Å²) in [5, 5.41) is 15.4. The smallest absolute Gasteiger partial charge is 0.408 e. The lowest BCUT2D eigenvalue weighted by Crippen LogP contribution is -2.52. The molecule has 150 valence electrons. The Bertz CT molecular complexity index is 633. The summed E-state index contributed by atoms with van der Waals surface area (Å²) in [6, 6.07) is 8.07. The lowest BCUT2D eigenvalue weighted by Gasteiger charge is -2.23. The molecule has 1 aromatic carbocycles. The van der Waals surface area contributed by atoms with Crippen molar-refractivity contribution in [2.75, 3.05) is 0 Å². The minimum atomic E-state index is -1.06. The van der Waals surface area contributed by atoms with Crippen LogP contribution in [0.5, 0.6) is 0 Å². The van der Waals surface area contributed by atoms with Crippen molar-refractivity contribution in [3.63, 3.8) is 0 Å². The molecule has 1 aliphatic heterocycles. The summed E-state index contributed by atoms with van der Waals surface area (Å²) in [6.45, 7) is 7.77. The zero-order chi connectivity index (χ0) is 20.0. The van der Waals surface area contributed by atoms with Gasteiger partial charge in [-0.15, -0.1) is 0 Å². The van der Waals surface area contributed by atoms with Gasteiger partial charge in [-0.05, 0) is 31.7 Å². The summed E-state index contributed by atoms with van der Waals surface area (Å²) in [7, 11) is 0. The number of rotatable bonds is 7. The number of hydrogen-bond donors (Lipinski definition) is 3. The van der Waals surface area contributed by atoms with Crippen molar-refractivity contribution in [3.05, 3.63) is 35.9 Å². The van der Waals surface area contributed by atoms with Crippen molar-refractivity contribution < 1.29 is 24.2 Å². The summed E-state index contributed by atoms with van der Waals surface area (Å²) in [6.07, 6.45) is -0.761. The van der Waals surface area contributed by atoms with Gasteiger partial charge in [-0.2, -0.15) is 0 Å². The van der Waals surface area contributed by atoms with E-state index in [0.29, 0.717) is 12.8 Å². The van der Waals surface area contributed by atoms with Crippen LogP contribution in [0.4, 0.5) is 4.79 Å². The highest BCUT2D eigenvalue weighted by Crippen LogP contribution is 2.28. The minimum absolute atomic E-state index is 0.131. The third-order valence-electron chi connectivity index (χ3n) is 4.35. The van der Waals surface area contributed by atoms with Crippen molar-refractivity contribution in [2.45, 2.75) is 71.1 Å². The van der Waals surface area contributed by atoms with Gasteiger partial charge in [0.05, 0.1) is 11.6 Å². The second kappa shape index (κ2) is 9.19. The molecule has 7 nitrogen and oxygen atoms in total. The monoisotopic (exact) mass is 378 g/mol. The van der Waals surface area contributed by atoms with Gasteiger partial charge >= 0.3 is 6.09 Å². The van der Waals surface area contributed by atoms with E-state index in [1.807, 2.05) is 58.0 Å². The van der Waals surface area contributed by atoms with E-state index in [1.54, 1.807) is 0 Å². The first-order valence-corrected chi connectivity index (χ1v) is 9.30. The summed E-state index contributed by atoms with van der Waals surface area (Å²) < 4.78 is 10.6. The molecule has 0 radical (unpaired) electrons. The predicted molar refractivity (Wildman–Crippen MR) is 101 cm³/mol. The molecule has 0 aliphatic carbocycles. The highest BCUT2D eigenvalue weighted by atomic mass is 16.6. The summed E-state index contributed by atoms with van der Waals surface area (Å²) >= 11 is 0. The van der Waals surface area contributed by atoms with Crippen LogP contribution in [0.25, 0.3) is 0 Å². The summed E-state index contributed by atoms with van der Waals surface area (Å²) in [4.78, 5) is 24.8. The molecule has 1 fully saturated rings. The molecule has 0 spiro atoms. The van der Waals surface area contributed by atoms with Crippen LogP contribution >= 0.6 is 0 Å². The average Bonchev–Trinajstić information content (AvgIpc) is 2.84. The minimum Gasteiger partial charge on any atom is -0.445 e. The van der Waals surface area contributed by atoms with Crippen LogP contribution in [-0.4, -0.2) is 41.1 Å². The number of aliphatic hydroxyl groups is 1. The molecule has 2 amide bonds. The van der Waals surface area contributed by atoms with Gasteiger partial charge in [-0.25, -0.2) is 4.79 Å². The number of aliphatic hydroxyl groups excluding tert-OH is 1. The first-order chi connectivity index (χ1) is 12.7. The Morgan fingerprint density at radius 1 is 1.30 bits per heavy atom. The van der Waals surface area contributed by atoms with E-state index in [-0.39, 0.29) is 18.4 Å². The fraction of sp³-hybridized carbons (Fsp3) is 0.600. The number of nitrogens with one attached hydrogen (secondary N) is 2. The number of hydrogen-bond acceptors (Lipinski definition) is 5. The fourth-order valence-electron chi connectivity index (χ4n) is 3.10. The molecular formula is C20H30N2O5. The van der Waals surface area contributed by atoms with Crippen LogP contribution in [0, 0.1) is 5.92 Å². The lowest BCUT2D eigenvalue weighted by molar-refractivity contribution is -0.138. The van der Waals surface area contributed by atoms with E-state index in [4.69, 9.17) is 9.47 Å². The largest absolute Gasteiger partial charge is 0.445 e. The van der Waals surface area contributed by atoms with Crippen LogP contribution in [0.3, 0.4) is 0 Å². The standard InChI is InChI=1S/C20H30N2O5/c1-13(2)10-15(17(23)21-16-11-20(3,4)27-18(16)24)22-19(25)26-12-14-8-6-5-7-9-14/h5-9,13,15-16,18,24H,10-12H2,1-4H3,(H,21,23)(H,22,25)/t15-,16?,18-/m0/s1. The van der Waals surface area contributed by atoms with E-state index >= 15 is 0 Å². The van der Waals surface area contributed by atoms with Crippen LogP contribution < -0.4 is 10.6 Å². The Morgan fingerprint density at radius 3 is 2.52 bits per heavy atom. The van der Waals surface area contributed by atoms with Crippen molar-refractivity contribution in [1.82, 2.24) is 10.6 Å². The molecule has 0 saturated carbocycles. The van der Waals surface area contributed by atoms with Gasteiger partial charge in [0.15, 0.2) is 6.29 Å². The van der Waals surface area contributed by atoms with E-state index in [2.05, 4.69) is 10.6 Å². The maximum Gasteiger partial charge on any atom is 0.408 e. The SMILES string of the molecule is CC(C)C[C@H](NC(=O)OCc1ccccc1)C(=O)NC1CC(C)(C)O[C@@H]1O. The van der Waals surface area contributed by atoms with E-state index in [0.717, 1.165) is 5.56 Å². The molecule has 3 N–H and O–H groups in total. The molecular weight excluding hydrogens is 348 g/mol. The zero-order valence-corrected chi connectivity index (χ0v) is 16.4. The highest BCUT2D eigenvalue weighted by Gasteiger charge is 2.41. The molecule has 0 bridgehead atoms. The normalized spacial score (nSPS) is 22.3. The molecule has 1 aliphatic rings. The second-order valence-corrected chi connectivity index (χ2v) is 7.98. The van der Waals surface area contributed by atoms with Gasteiger partial charge in [0.2, 0.25) is 5.91 Å². The molecule has 1 heterocycles. The predicted octanol–water partition coefficient (Wildman–Crippen LogP) is 2.33. The van der Waals surface area contributed by atoms with Gasteiger partial charge in [-0.1, -0.05) is 44.2 Å². The molecule has 2 rings (SSSR count). The van der Waals surface area contributed by atoms with E-state index in [1.165, 1.54) is 0 Å². The Labute approximate surface area is 160 Å². The van der Waals surface area contributed by atoms with Crippen molar-refractivity contribution in [1.29, 1.82) is 0 Å².